The summed E-state index contributed by atoms with van der Waals surface area (Å²) in [4.78, 5) is 32.5. The van der Waals surface area contributed by atoms with Crippen LogP contribution in [-0.2, 0) is 16.1 Å². The van der Waals surface area contributed by atoms with Crippen LogP contribution in [-0.4, -0.2) is 96.5 Å². The molecule has 11 nitrogen and oxygen atoms in total. The number of hydrogen-bond acceptors (Lipinski definition) is 9. The SMILES string of the molecule is O=C(N1CCOCC1)N1CCN(c2ccc3cc2COC/C=C/CCOc2cc(ccn2)-c2nc(ncc2Cl)N3)CC1. The van der Waals surface area contributed by atoms with E-state index in [0.29, 0.717) is 81.8 Å². The number of rotatable bonds is 1. The zero-order valence-electron chi connectivity index (χ0n) is 23.4. The lowest BCUT2D eigenvalue weighted by Crippen LogP contribution is -2.55. The Bertz CT molecular complexity index is 1420. The highest BCUT2D eigenvalue weighted by molar-refractivity contribution is 6.32. The third-order valence-corrected chi connectivity index (χ3v) is 7.71. The van der Waals surface area contributed by atoms with Crippen molar-refractivity contribution >= 4 is 35.0 Å². The molecule has 6 rings (SSSR count). The number of benzene rings is 1. The molecule has 2 fully saturated rings. The molecule has 3 aliphatic rings. The number of urea groups is 1. The van der Waals surface area contributed by atoms with Gasteiger partial charge in [0, 0.05) is 74.0 Å². The zero-order chi connectivity index (χ0) is 28.7. The summed E-state index contributed by atoms with van der Waals surface area (Å²) in [5, 5.41) is 3.76. The monoisotopic (exact) mass is 591 g/mol. The average molecular weight is 592 g/mol. The minimum absolute atomic E-state index is 0.100. The van der Waals surface area contributed by atoms with Gasteiger partial charge in [0.2, 0.25) is 11.8 Å². The topological polar surface area (TPSA) is 105 Å². The van der Waals surface area contributed by atoms with Crippen molar-refractivity contribution in [3.63, 3.8) is 0 Å². The number of halogens is 1. The zero-order valence-corrected chi connectivity index (χ0v) is 24.1. The quantitative estimate of drug-likeness (QED) is 0.413. The molecular weight excluding hydrogens is 558 g/mol. The Labute approximate surface area is 250 Å². The summed E-state index contributed by atoms with van der Waals surface area (Å²) in [6.07, 6.45) is 8.05. The highest BCUT2D eigenvalue weighted by Crippen LogP contribution is 2.31. The Kier molecular flexibility index (Phi) is 8.97. The Morgan fingerprint density at radius 3 is 2.60 bits per heavy atom. The number of fused-ring (bicyclic) bond motifs is 7. The van der Waals surface area contributed by atoms with Crippen LogP contribution in [0, 0.1) is 0 Å². The second-order valence-electron chi connectivity index (χ2n) is 10.2. The van der Waals surface area contributed by atoms with Crippen LogP contribution in [0.15, 0.2) is 54.9 Å². The van der Waals surface area contributed by atoms with E-state index in [2.05, 4.69) is 32.3 Å². The lowest BCUT2D eigenvalue weighted by Gasteiger charge is -2.40. The highest BCUT2D eigenvalue weighted by atomic mass is 35.5. The maximum absolute atomic E-state index is 13.0. The van der Waals surface area contributed by atoms with Crippen molar-refractivity contribution in [1.29, 1.82) is 0 Å². The lowest BCUT2D eigenvalue weighted by molar-refractivity contribution is 0.0428. The third-order valence-electron chi connectivity index (χ3n) is 7.43. The van der Waals surface area contributed by atoms with E-state index in [4.69, 9.17) is 30.8 Å². The number of carbonyl (C=O) groups excluding carboxylic acids is 1. The predicted molar refractivity (Wildman–Crippen MR) is 160 cm³/mol. The van der Waals surface area contributed by atoms with Gasteiger partial charge in [0.05, 0.1) is 49.9 Å². The molecule has 0 unspecified atom stereocenters. The van der Waals surface area contributed by atoms with Gasteiger partial charge in [-0.2, -0.15) is 0 Å². The number of amides is 2. The fourth-order valence-electron chi connectivity index (χ4n) is 5.23. The van der Waals surface area contributed by atoms with Crippen LogP contribution < -0.4 is 15.0 Å². The van der Waals surface area contributed by atoms with E-state index in [-0.39, 0.29) is 6.03 Å². The number of aromatic nitrogens is 3. The number of carbonyl (C=O) groups is 1. The van der Waals surface area contributed by atoms with Crippen molar-refractivity contribution in [2.24, 2.45) is 0 Å². The number of morpholine rings is 1. The number of nitrogens with zero attached hydrogens (tertiary/aromatic N) is 6. The van der Waals surface area contributed by atoms with Gasteiger partial charge in [0.25, 0.3) is 0 Å². The molecule has 0 radical (unpaired) electrons. The summed E-state index contributed by atoms with van der Waals surface area (Å²) < 4.78 is 17.3. The van der Waals surface area contributed by atoms with Crippen molar-refractivity contribution in [1.82, 2.24) is 24.8 Å². The van der Waals surface area contributed by atoms with Crippen LogP contribution >= 0.6 is 11.6 Å². The molecule has 3 aliphatic heterocycles. The molecule has 3 aromatic rings. The van der Waals surface area contributed by atoms with Crippen LogP contribution in [0.1, 0.15) is 12.0 Å². The summed E-state index contributed by atoms with van der Waals surface area (Å²) >= 11 is 6.49. The van der Waals surface area contributed by atoms with Gasteiger partial charge in [-0.25, -0.2) is 19.7 Å². The Hall–Kier alpha value is -3.93. The second-order valence-corrected chi connectivity index (χ2v) is 10.6. The fraction of sp³-hybridized carbons (Fsp3) is 0.400. The standard InChI is InChI=1S/C30H34ClN7O4/c31-25-20-33-29-34-24-4-5-26(36-8-10-37(11-9-36)30(39)38-12-16-40-17-13-38)23(18-24)21-41-14-2-1-3-15-42-27-19-22(6-7-32-27)28(25)35-29/h1-2,4-7,18-20H,3,8-17,21H2,(H,33,34,35)/b2-1+. The van der Waals surface area contributed by atoms with Crippen LogP contribution in [0.2, 0.25) is 5.02 Å². The van der Waals surface area contributed by atoms with Gasteiger partial charge in [-0.3, -0.25) is 0 Å². The summed E-state index contributed by atoms with van der Waals surface area (Å²) in [5.41, 5.74) is 4.35. The van der Waals surface area contributed by atoms with Crippen LogP contribution in [0.3, 0.4) is 0 Å². The first-order chi connectivity index (χ1) is 20.6. The maximum atomic E-state index is 13.0. The molecule has 0 spiro atoms. The number of nitrogens with one attached hydrogen (secondary N) is 1. The normalized spacial score (nSPS) is 18.7. The summed E-state index contributed by atoms with van der Waals surface area (Å²) in [5.74, 6) is 0.932. The fourth-order valence-corrected chi connectivity index (χ4v) is 5.43. The molecule has 12 heteroatoms. The third kappa shape index (κ3) is 6.75. The highest BCUT2D eigenvalue weighted by Gasteiger charge is 2.27. The summed E-state index contributed by atoms with van der Waals surface area (Å²) in [6.45, 7) is 6.73. The van der Waals surface area contributed by atoms with E-state index in [9.17, 15) is 4.79 Å². The smallest absolute Gasteiger partial charge is 0.320 e. The minimum Gasteiger partial charge on any atom is -0.477 e. The number of pyridine rings is 1. The molecule has 0 saturated carbocycles. The summed E-state index contributed by atoms with van der Waals surface area (Å²) in [6, 6.07) is 9.96. The summed E-state index contributed by atoms with van der Waals surface area (Å²) in [7, 11) is 0. The van der Waals surface area contributed by atoms with Crippen LogP contribution in [0.5, 0.6) is 5.88 Å². The van der Waals surface area contributed by atoms with E-state index < -0.39 is 0 Å². The molecule has 1 aromatic carbocycles. The average Bonchev–Trinajstić information content (AvgIpc) is 3.03. The Morgan fingerprint density at radius 1 is 0.905 bits per heavy atom. The number of anilines is 3. The molecule has 0 aliphatic carbocycles. The maximum Gasteiger partial charge on any atom is 0.320 e. The molecule has 5 heterocycles. The number of piperazine rings is 1. The van der Waals surface area contributed by atoms with E-state index in [1.165, 1.54) is 0 Å². The van der Waals surface area contributed by atoms with Gasteiger partial charge in [-0.05, 0) is 30.7 Å². The Morgan fingerprint density at radius 2 is 1.74 bits per heavy atom. The van der Waals surface area contributed by atoms with Gasteiger partial charge in [0.15, 0.2) is 0 Å². The van der Waals surface area contributed by atoms with Crippen molar-refractivity contribution in [3.05, 3.63) is 65.5 Å². The molecule has 42 heavy (non-hydrogen) atoms. The second kappa shape index (κ2) is 13.4. The molecule has 1 N–H and O–H groups in total. The van der Waals surface area contributed by atoms with E-state index in [0.717, 1.165) is 42.0 Å². The number of ether oxygens (including phenoxy) is 3. The number of hydrogen-bond donors (Lipinski definition) is 1. The van der Waals surface area contributed by atoms with Crippen molar-refractivity contribution in [3.8, 4) is 17.1 Å². The molecule has 2 amide bonds. The van der Waals surface area contributed by atoms with Crippen molar-refractivity contribution in [2.45, 2.75) is 13.0 Å². The molecule has 2 saturated heterocycles. The molecule has 0 atom stereocenters. The molecule has 2 aromatic heterocycles. The minimum atomic E-state index is 0.100. The van der Waals surface area contributed by atoms with Gasteiger partial charge in [-0.1, -0.05) is 23.8 Å². The molecular formula is C30H34ClN7O4. The first kappa shape index (κ1) is 28.2. The first-order valence-electron chi connectivity index (χ1n) is 14.2. The van der Waals surface area contributed by atoms with E-state index in [1.807, 2.05) is 40.2 Å². The Balaban J connectivity index is 1.22. The van der Waals surface area contributed by atoms with E-state index >= 15 is 0 Å². The van der Waals surface area contributed by atoms with Gasteiger partial charge in [-0.15, -0.1) is 0 Å². The van der Waals surface area contributed by atoms with Crippen molar-refractivity contribution < 1.29 is 19.0 Å². The first-order valence-corrected chi connectivity index (χ1v) is 14.6. The van der Waals surface area contributed by atoms with E-state index in [1.54, 1.807) is 12.4 Å². The lowest BCUT2D eigenvalue weighted by atomic mass is 10.1. The van der Waals surface area contributed by atoms with Crippen molar-refractivity contribution in [2.75, 3.05) is 75.9 Å². The molecule has 6 bridgehead atoms. The van der Waals surface area contributed by atoms with Crippen LogP contribution in [0.25, 0.3) is 11.3 Å². The van der Waals surface area contributed by atoms with Gasteiger partial charge < -0.3 is 34.2 Å². The van der Waals surface area contributed by atoms with Gasteiger partial charge in [0.1, 0.15) is 0 Å². The van der Waals surface area contributed by atoms with Gasteiger partial charge >= 0.3 is 6.03 Å². The largest absolute Gasteiger partial charge is 0.477 e. The predicted octanol–water partition coefficient (Wildman–Crippen LogP) is 4.37. The molecule has 220 valence electrons. The van der Waals surface area contributed by atoms with Crippen LogP contribution in [0.4, 0.5) is 22.1 Å².